The number of carbonyl (C=O) groups is 2. The second-order valence-electron chi connectivity index (χ2n) is 8.52. The summed E-state index contributed by atoms with van der Waals surface area (Å²) in [6, 6.07) is 11.4. The van der Waals surface area contributed by atoms with E-state index in [0.29, 0.717) is 54.7 Å². The Labute approximate surface area is 206 Å². The van der Waals surface area contributed by atoms with Gasteiger partial charge in [0.05, 0.1) is 31.9 Å². The normalized spacial score (nSPS) is 17.2. The fourth-order valence-electron chi connectivity index (χ4n) is 4.01. The molecule has 1 aliphatic rings. The lowest BCUT2D eigenvalue weighted by Crippen LogP contribution is -2.35. The number of carbonyl (C=O) groups excluding carboxylic acids is 2. The van der Waals surface area contributed by atoms with Gasteiger partial charge in [0.1, 0.15) is 11.5 Å². The van der Waals surface area contributed by atoms with E-state index in [4.69, 9.17) is 14.2 Å². The Balaban J connectivity index is 2.16. The van der Waals surface area contributed by atoms with Crippen LogP contribution < -0.4 is 14.2 Å². The van der Waals surface area contributed by atoms with Crippen molar-refractivity contribution in [3.05, 3.63) is 59.2 Å². The molecule has 2 aromatic rings. The third kappa shape index (κ3) is 5.77. The average molecular weight is 483 g/mol. The number of ketones is 1. The van der Waals surface area contributed by atoms with Gasteiger partial charge >= 0.3 is 0 Å². The highest BCUT2D eigenvalue weighted by atomic mass is 16.5. The summed E-state index contributed by atoms with van der Waals surface area (Å²) in [7, 11) is 5.35. The molecule has 0 aromatic heterocycles. The summed E-state index contributed by atoms with van der Waals surface area (Å²) in [6.07, 6.45) is 0.810. The summed E-state index contributed by atoms with van der Waals surface area (Å²) in [5.74, 6) is 0.0232. The zero-order valence-electron chi connectivity index (χ0n) is 21.0. The first-order valence-electron chi connectivity index (χ1n) is 11.8. The van der Waals surface area contributed by atoms with E-state index in [1.165, 1.54) is 4.90 Å². The SMILES string of the molecule is CCCOc1cc(C2/C(=C(/O)c3cccc(OCC)c3)C(=O)C(=O)N2CCN(C)C)ccc1OC. The summed E-state index contributed by atoms with van der Waals surface area (Å²) in [6.45, 7) is 5.69. The smallest absolute Gasteiger partial charge is 0.295 e. The molecule has 0 radical (unpaired) electrons. The minimum atomic E-state index is -0.777. The molecule has 3 rings (SSSR count). The molecule has 1 fully saturated rings. The highest BCUT2D eigenvalue weighted by Crippen LogP contribution is 2.42. The van der Waals surface area contributed by atoms with Gasteiger partial charge in [0.15, 0.2) is 11.5 Å². The van der Waals surface area contributed by atoms with Crippen molar-refractivity contribution in [1.29, 1.82) is 0 Å². The van der Waals surface area contributed by atoms with Crippen LogP contribution >= 0.6 is 0 Å². The Bertz CT molecular complexity index is 1090. The number of rotatable bonds is 11. The van der Waals surface area contributed by atoms with Crippen molar-refractivity contribution in [1.82, 2.24) is 9.80 Å². The standard InChI is InChI=1S/C27H34N2O6/c1-6-15-35-22-17-18(11-12-21(22)33-5)24-23(26(31)27(32)29(24)14-13-28(3)4)25(30)19-9-8-10-20(16-19)34-7-2/h8-12,16-17,24,30H,6-7,13-15H2,1-5H3/b25-23-. The van der Waals surface area contributed by atoms with Crippen molar-refractivity contribution in [2.45, 2.75) is 26.3 Å². The van der Waals surface area contributed by atoms with E-state index in [0.717, 1.165) is 6.42 Å². The van der Waals surface area contributed by atoms with E-state index in [9.17, 15) is 14.7 Å². The number of hydrogen-bond acceptors (Lipinski definition) is 7. The number of Topliss-reactive ketones (excluding diaryl/α,β-unsaturated/α-hetero) is 1. The number of nitrogens with zero attached hydrogens (tertiary/aromatic N) is 2. The van der Waals surface area contributed by atoms with Crippen LogP contribution in [0.1, 0.15) is 37.4 Å². The van der Waals surface area contributed by atoms with E-state index >= 15 is 0 Å². The number of aliphatic hydroxyl groups excluding tert-OH is 1. The first kappa shape index (κ1) is 26.1. The number of hydrogen-bond donors (Lipinski definition) is 1. The van der Waals surface area contributed by atoms with Crippen molar-refractivity contribution < 1.29 is 28.9 Å². The van der Waals surface area contributed by atoms with Gasteiger partial charge in [-0.3, -0.25) is 9.59 Å². The van der Waals surface area contributed by atoms with E-state index in [1.54, 1.807) is 49.6 Å². The van der Waals surface area contributed by atoms with Gasteiger partial charge in [-0.2, -0.15) is 0 Å². The van der Waals surface area contributed by atoms with Crippen LogP contribution in [0.5, 0.6) is 17.2 Å². The lowest BCUT2D eigenvalue weighted by atomic mass is 9.95. The van der Waals surface area contributed by atoms with E-state index < -0.39 is 17.7 Å². The van der Waals surface area contributed by atoms with Crippen LogP contribution in [0.2, 0.25) is 0 Å². The van der Waals surface area contributed by atoms with Gasteiger partial charge in [0, 0.05) is 18.7 Å². The first-order valence-corrected chi connectivity index (χ1v) is 11.8. The molecule has 1 N–H and O–H groups in total. The van der Waals surface area contributed by atoms with Gasteiger partial charge in [0.25, 0.3) is 11.7 Å². The minimum absolute atomic E-state index is 0.0361. The number of amides is 1. The monoisotopic (exact) mass is 482 g/mol. The fourth-order valence-corrected chi connectivity index (χ4v) is 4.01. The number of likely N-dealkylation sites (tertiary alicyclic amines) is 1. The molecule has 0 bridgehead atoms. The predicted molar refractivity (Wildman–Crippen MR) is 134 cm³/mol. The van der Waals surface area contributed by atoms with Crippen LogP contribution in [-0.2, 0) is 9.59 Å². The quantitative estimate of drug-likeness (QED) is 0.296. The molecule has 1 heterocycles. The Morgan fingerprint density at radius 1 is 1.06 bits per heavy atom. The molecule has 0 spiro atoms. The van der Waals surface area contributed by atoms with E-state index in [-0.39, 0.29) is 11.3 Å². The van der Waals surface area contributed by atoms with Gasteiger partial charge in [-0.25, -0.2) is 0 Å². The maximum absolute atomic E-state index is 13.2. The molecule has 0 aliphatic carbocycles. The molecule has 1 amide bonds. The van der Waals surface area contributed by atoms with E-state index in [2.05, 4.69) is 0 Å². The lowest BCUT2D eigenvalue weighted by Gasteiger charge is -2.27. The molecule has 1 atom stereocenters. The molecule has 1 saturated heterocycles. The van der Waals surface area contributed by atoms with Crippen LogP contribution in [-0.4, -0.2) is 74.1 Å². The van der Waals surface area contributed by atoms with Gasteiger partial charge in [-0.05, 0) is 57.3 Å². The van der Waals surface area contributed by atoms with Gasteiger partial charge in [-0.1, -0.05) is 25.1 Å². The Kier molecular flexibility index (Phi) is 8.76. The van der Waals surface area contributed by atoms with Gasteiger partial charge < -0.3 is 29.1 Å². The van der Waals surface area contributed by atoms with Crippen molar-refractivity contribution in [3.63, 3.8) is 0 Å². The van der Waals surface area contributed by atoms with Crippen molar-refractivity contribution >= 4 is 17.4 Å². The van der Waals surface area contributed by atoms with Crippen LogP contribution in [0.4, 0.5) is 0 Å². The number of aliphatic hydroxyl groups is 1. The van der Waals surface area contributed by atoms with Crippen LogP contribution in [0, 0.1) is 0 Å². The summed E-state index contributed by atoms with van der Waals surface area (Å²) >= 11 is 0. The molecule has 188 valence electrons. The topological polar surface area (TPSA) is 88.5 Å². The third-order valence-electron chi connectivity index (χ3n) is 5.71. The Morgan fingerprint density at radius 2 is 1.83 bits per heavy atom. The number of methoxy groups -OCH3 is 1. The molecule has 1 unspecified atom stereocenters. The molecule has 0 saturated carbocycles. The maximum atomic E-state index is 13.2. The summed E-state index contributed by atoms with van der Waals surface area (Å²) in [4.78, 5) is 29.8. The molecular weight excluding hydrogens is 448 g/mol. The zero-order chi connectivity index (χ0) is 25.5. The number of ether oxygens (including phenoxy) is 3. The minimum Gasteiger partial charge on any atom is -0.507 e. The maximum Gasteiger partial charge on any atom is 0.295 e. The lowest BCUT2D eigenvalue weighted by molar-refractivity contribution is -0.140. The van der Waals surface area contributed by atoms with E-state index in [1.807, 2.05) is 32.8 Å². The first-order chi connectivity index (χ1) is 16.8. The number of likely N-dealkylation sites (N-methyl/N-ethyl adjacent to an activating group) is 1. The summed E-state index contributed by atoms with van der Waals surface area (Å²) in [5, 5.41) is 11.3. The molecular formula is C27H34N2O6. The van der Waals surface area contributed by atoms with Crippen LogP contribution in [0.3, 0.4) is 0 Å². The van der Waals surface area contributed by atoms with Crippen LogP contribution in [0.25, 0.3) is 5.76 Å². The molecule has 2 aromatic carbocycles. The summed E-state index contributed by atoms with van der Waals surface area (Å²) in [5.41, 5.74) is 1.09. The Morgan fingerprint density at radius 3 is 2.49 bits per heavy atom. The predicted octanol–water partition coefficient (Wildman–Crippen LogP) is 3.87. The highest BCUT2D eigenvalue weighted by Gasteiger charge is 2.46. The van der Waals surface area contributed by atoms with Gasteiger partial charge in [-0.15, -0.1) is 0 Å². The largest absolute Gasteiger partial charge is 0.507 e. The molecule has 8 heteroatoms. The Hall–Kier alpha value is -3.52. The van der Waals surface area contributed by atoms with Crippen molar-refractivity contribution in [3.8, 4) is 17.2 Å². The van der Waals surface area contributed by atoms with Gasteiger partial charge in [0.2, 0.25) is 0 Å². The third-order valence-corrected chi connectivity index (χ3v) is 5.71. The second kappa shape index (κ2) is 11.8. The summed E-state index contributed by atoms with van der Waals surface area (Å²) < 4.78 is 16.9. The van der Waals surface area contributed by atoms with Crippen molar-refractivity contribution in [2.24, 2.45) is 0 Å². The molecule has 8 nitrogen and oxygen atoms in total. The fraction of sp³-hybridized carbons (Fsp3) is 0.407. The molecule has 35 heavy (non-hydrogen) atoms. The highest BCUT2D eigenvalue weighted by molar-refractivity contribution is 6.46. The second-order valence-corrected chi connectivity index (χ2v) is 8.52. The number of benzene rings is 2. The van der Waals surface area contributed by atoms with Crippen LogP contribution in [0.15, 0.2) is 48.0 Å². The average Bonchev–Trinajstić information content (AvgIpc) is 3.10. The van der Waals surface area contributed by atoms with Crippen molar-refractivity contribution in [2.75, 3.05) is 47.5 Å². The molecule has 1 aliphatic heterocycles. The zero-order valence-corrected chi connectivity index (χ0v) is 21.0.